The molecule has 0 aliphatic rings. The molecule has 0 heterocycles. The molecule has 1 radical (unpaired) electrons. The summed E-state index contributed by atoms with van der Waals surface area (Å²) in [6, 6.07) is 0. The zero-order valence-electron chi connectivity index (χ0n) is 9.61. The van der Waals surface area contributed by atoms with Crippen LogP contribution < -0.4 is 0 Å². The summed E-state index contributed by atoms with van der Waals surface area (Å²) < 4.78 is 4.49. The molecule has 0 atom stereocenters. The first-order valence-corrected chi connectivity index (χ1v) is 4.45. The molecule has 0 rings (SSSR count). The largest absolute Gasteiger partial charge is 0.465 e. The van der Waals surface area contributed by atoms with Crippen LogP contribution in [0.3, 0.4) is 0 Å². The molecule has 5 heteroatoms. The summed E-state index contributed by atoms with van der Waals surface area (Å²) in [6.45, 7) is 2.28. The van der Waals surface area contributed by atoms with Crippen molar-refractivity contribution < 1.29 is 32.9 Å². The third-order valence-electron chi connectivity index (χ3n) is 1.78. The molecule has 0 fully saturated rings. The predicted octanol–water partition coefficient (Wildman–Crippen LogP) is 0.624. The average Bonchev–Trinajstić information content (AvgIpc) is 2.15. The summed E-state index contributed by atoms with van der Waals surface area (Å²) in [5.74, 6) is -0.732. The van der Waals surface area contributed by atoms with E-state index in [1.54, 1.807) is 6.92 Å². The zero-order chi connectivity index (χ0) is 11.1. The second kappa shape index (κ2) is 8.71. The van der Waals surface area contributed by atoms with Gasteiger partial charge >= 0.3 is 5.97 Å². The molecule has 0 saturated heterocycles. The number of hydrogen-bond donors (Lipinski definition) is 0. The van der Waals surface area contributed by atoms with Gasteiger partial charge in [0.2, 0.25) is 0 Å². The maximum absolute atomic E-state index is 11.5. The zero-order valence-corrected chi connectivity index (χ0v) is 11.0. The van der Waals surface area contributed by atoms with E-state index >= 15 is 0 Å². The molecule has 0 aliphatic carbocycles. The Hall–Kier alpha value is -0.576. The molecule has 0 aromatic heterocycles. The van der Waals surface area contributed by atoms with E-state index in [0.717, 1.165) is 0 Å². The first kappa shape index (κ1) is 16.8. The van der Waals surface area contributed by atoms with Gasteiger partial charge in [0.25, 0.3) is 0 Å². The van der Waals surface area contributed by atoms with Crippen LogP contribution in [-0.2, 0) is 32.9 Å². The van der Waals surface area contributed by atoms with Crippen LogP contribution in [0.4, 0.5) is 0 Å². The number of Topliss-reactive ketones (excluding diaryl/α,β-unsaturated/α-hetero) is 1. The van der Waals surface area contributed by atoms with Crippen LogP contribution in [0.15, 0.2) is 11.6 Å². The summed E-state index contributed by atoms with van der Waals surface area (Å²) in [6.07, 6.45) is 1.82. The van der Waals surface area contributed by atoms with E-state index < -0.39 is 5.97 Å². The molecule has 0 bridgehead atoms. The minimum absolute atomic E-state index is 0. The van der Waals surface area contributed by atoms with Gasteiger partial charge in [-0.3, -0.25) is 4.79 Å². The Morgan fingerprint density at radius 1 is 1.33 bits per heavy atom. The van der Waals surface area contributed by atoms with E-state index in [0.29, 0.717) is 13.0 Å². The van der Waals surface area contributed by atoms with Gasteiger partial charge in [0.05, 0.1) is 12.7 Å². The van der Waals surface area contributed by atoms with Gasteiger partial charge < -0.3 is 9.64 Å². The second-order valence-electron chi connectivity index (χ2n) is 3.17. The molecule has 15 heavy (non-hydrogen) atoms. The van der Waals surface area contributed by atoms with Crippen molar-refractivity contribution in [3.63, 3.8) is 0 Å². The fourth-order valence-corrected chi connectivity index (χ4v) is 0.962. The van der Waals surface area contributed by atoms with Gasteiger partial charge in [0, 0.05) is 31.5 Å². The first-order chi connectivity index (χ1) is 6.52. The number of carbonyl (C=O) groups is 2. The number of esters is 1. The quantitative estimate of drug-likeness (QED) is 0.311. The molecule has 85 valence electrons. The molecule has 0 aromatic carbocycles. The third kappa shape index (κ3) is 6.50. The molecular formula is C10H17NO3V. The van der Waals surface area contributed by atoms with E-state index in [1.165, 1.54) is 13.2 Å². The number of hydrogen-bond acceptors (Lipinski definition) is 4. The van der Waals surface area contributed by atoms with Crippen LogP contribution in [0.1, 0.15) is 13.3 Å². The van der Waals surface area contributed by atoms with E-state index in [1.807, 2.05) is 19.0 Å². The summed E-state index contributed by atoms with van der Waals surface area (Å²) >= 11 is 0. The van der Waals surface area contributed by atoms with Gasteiger partial charge in [-0.2, -0.15) is 0 Å². The Morgan fingerprint density at radius 2 is 1.87 bits per heavy atom. The Balaban J connectivity index is 0. The van der Waals surface area contributed by atoms with E-state index in [4.69, 9.17) is 0 Å². The average molecular weight is 250 g/mol. The molecule has 4 nitrogen and oxygen atoms in total. The van der Waals surface area contributed by atoms with Gasteiger partial charge in [-0.05, 0) is 21.0 Å². The van der Waals surface area contributed by atoms with Crippen LogP contribution >= 0.6 is 0 Å². The molecule has 0 aliphatic heterocycles. The van der Waals surface area contributed by atoms with Crippen molar-refractivity contribution in [1.29, 1.82) is 0 Å². The number of allylic oxidation sites excluding steroid dienone is 1. The number of carbonyl (C=O) groups excluding carboxylic acids is 2. The van der Waals surface area contributed by atoms with Crippen LogP contribution in [0.5, 0.6) is 0 Å². The predicted molar refractivity (Wildman–Crippen MR) is 54.0 cm³/mol. The summed E-state index contributed by atoms with van der Waals surface area (Å²) in [7, 11) is 5.02. The maximum Gasteiger partial charge on any atom is 0.341 e. The normalized spacial score (nSPS) is 10.9. The number of methoxy groups -OCH3 is 1. The van der Waals surface area contributed by atoms with Crippen molar-refractivity contribution >= 4 is 11.8 Å². The fourth-order valence-electron chi connectivity index (χ4n) is 0.962. The van der Waals surface area contributed by atoms with Crippen molar-refractivity contribution in [2.75, 3.05) is 27.7 Å². The van der Waals surface area contributed by atoms with Crippen molar-refractivity contribution in [2.24, 2.45) is 0 Å². The molecule has 0 amide bonds. The van der Waals surface area contributed by atoms with Gasteiger partial charge in [-0.25, -0.2) is 4.79 Å². The van der Waals surface area contributed by atoms with Gasteiger partial charge in [0.15, 0.2) is 5.78 Å². The topological polar surface area (TPSA) is 46.6 Å². The monoisotopic (exact) mass is 250 g/mol. The maximum atomic E-state index is 11.5. The van der Waals surface area contributed by atoms with E-state index in [-0.39, 0.29) is 29.9 Å². The fraction of sp³-hybridized carbons (Fsp3) is 0.600. The van der Waals surface area contributed by atoms with Gasteiger partial charge in [-0.1, -0.05) is 6.08 Å². The van der Waals surface area contributed by atoms with Gasteiger partial charge in [-0.15, -0.1) is 0 Å². The molecule has 0 saturated carbocycles. The van der Waals surface area contributed by atoms with Crippen molar-refractivity contribution in [3.8, 4) is 0 Å². The number of ether oxygens (including phenoxy) is 1. The van der Waals surface area contributed by atoms with Crippen molar-refractivity contribution in [2.45, 2.75) is 13.3 Å². The van der Waals surface area contributed by atoms with Crippen LogP contribution in [0.2, 0.25) is 0 Å². The summed E-state index contributed by atoms with van der Waals surface area (Å²) in [5.41, 5.74) is 0.134. The number of ketones is 1. The van der Waals surface area contributed by atoms with Crippen LogP contribution in [-0.4, -0.2) is 44.4 Å². The summed E-state index contributed by atoms with van der Waals surface area (Å²) in [5, 5.41) is 0. The van der Waals surface area contributed by atoms with E-state index in [2.05, 4.69) is 4.74 Å². The number of rotatable bonds is 5. The minimum atomic E-state index is -0.559. The van der Waals surface area contributed by atoms with Crippen molar-refractivity contribution in [1.82, 2.24) is 4.90 Å². The smallest absolute Gasteiger partial charge is 0.341 e. The van der Waals surface area contributed by atoms with E-state index in [9.17, 15) is 9.59 Å². The summed E-state index contributed by atoms with van der Waals surface area (Å²) in [4.78, 5) is 24.5. The minimum Gasteiger partial charge on any atom is -0.465 e. The number of nitrogens with zero attached hydrogens (tertiary/aromatic N) is 1. The van der Waals surface area contributed by atoms with Gasteiger partial charge in [0.1, 0.15) is 0 Å². The Labute approximate surface area is 103 Å². The van der Waals surface area contributed by atoms with Crippen LogP contribution in [0.25, 0.3) is 0 Å². The molecule has 0 aromatic rings. The Bertz CT molecular complexity index is 249. The SMILES string of the molecule is C/C=C(/C(=O)CCN(C)C)C(=O)OC.[V]. The van der Waals surface area contributed by atoms with Crippen molar-refractivity contribution in [3.05, 3.63) is 11.6 Å². The molecule has 0 spiro atoms. The standard InChI is InChI=1S/C10H17NO3.V/c1-5-8(10(13)14-4)9(12)6-7-11(2)3;/h5H,6-7H2,1-4H3;/b8-5-;. The third-order valence-corrected chi connectivity index (χ3v) is 1.78. The Kier molecular flexibility index (Phi) is 9.78. The molecule has 0 N–H and O–H groups in total. The molecular weight excluding hydrogens is 233 g/mol. The van der Waals surface area contributed by atoms with Crippen LogP contribution in [0, 0.1) is 0 Å². The molecule has 0 unspecified atom stereocenters. The Morgan fingerprint density at radius 3 is 2.20 bits per heavy atom. The second-order valence-corrected chi connectivity index (χ2v) is 3.17. The first-order valence-electron chi connectivity index (χ1n) is 4.45.